The second-order valence-electron chi connectivity index (χ2n) is 10.5. The third kappa shape index (κ3) is 5.81. The molecule has 0 spiro atoms. The summed E-state index contributed by atoms with van der Waals surface area (Å²) in [4.78, 5) is 0. The summed E-state index contributed by atoms with van der Waals surface area (Å²) < 4.78 is 87.6. The molecule has 0 radical (unpaired) electrons. The summed E-state index contributed by atoms with van der Waals surface area (Å²) in [5, 5.41) is 1.36. The average molecular weight is 559 g/mol. The molecule has 2 aromatic rings. The van der Waals surface area contributed by atoms with Gasteiger partial charge in [0, 0.05) is 13.0 Å². The maximum atomic E-state index is 13.4. The molecule has 2 aromatic carbocycles. The Balaban J connectivity index is 1.73. The van der Waals surface area contributed by atoms with Crippen LogP contribution in [0.15, 0.2) is 60.7 Å². The van der Waals surface area contributed by atoms with E-state index >= 15 is 0 Å². The average Bonchev–Trinajstić information content (AvgIpc) is 3.28. The van der Waals surface area contributed by atoms with Crippen molar-refractivity contribution in [1.82, 2.24) is 0 Å². The predicted molar refractivity (Wildman–Crippen MR) is 136 cm³/mol. The molecule has 0 saturated carbocycles. The van der Waals surface area contributed by atoms with E-state index in [1.54, 1.807) is 0 Å². The van der Waals surface area contributed by atoms with Crippen molar-refractivity contribution in [1.29, 1.82) is 0 Å². The summed E-state index contributed by atoms with van der Waals surface area (Å²) in [7, 11) is -9.05. The van der Waals surface area contributed by atoms with Gasteiger partial charge in [0.05, 0.1) is 24.9 Å². The number of fused-ring (bicyclic) bond motifs is 1. The van der Waals surface area contributed by atoms with Gasteiger partial charge in [0.2, 0.25) is 0 Å². The fraction of sp³-hybridized carbons (Fsp3) is 0.538. The van der Waals surface area contributed by atoms with Crippen LogP contribution in [0.25, 0.3) is 0 Å². The van der Waals surface area contributed by atoms with E-state index in [1.807, 2.05) is 81.4 Å². The normalized spacial score (nSPS) is 24.0. The number of halogens is 3. The molecule has 11 heteroatoms. The van der Waals surface area contributed by atoms with E-state index in [-0.39, 0.29) is 18.6 Å². The maximum absolute atomic E-state index is 13.4. The van der Waals surface area contributed by atoms with E-state index in [2.05, 4.69) is 0 Å². The van der Waals surface area contributed by atoms with E-state index in [9.17, 15) is 21.6 Å². The van der Waals surface area contributed by atoms with Crippen LogP contribution in [0.3, 0.4) is 0 Å². The minimum Gasteiger partial charge on any atom is -0.405 e. The smallest absolute Gasteiger partial charge is 0.405 e. The summed E-state index contributed by atoms with van der Waals surface area (Å²) in [5.41, 5.74) is -5.56. The van der Waals surface area contributed by atoms with Crippen molar-refractivity contribution in [3.05, 3.63) is 60.7 Å². The van der Waals surface area contributed by atoms with Crippen molar-refractivity contribution < 1.29 is 39.7 Å². The first kappa shape index (κ1) is 28.3. The van der Waals surface area contributed by atoms with E-state index in [0.29, 0.717) is 13.0 Å². The van der Waals surface area contributed by atoms with Gasteiger partial charge in [-0.05, 0) is 28.3 Å². The Bertz CT molecular complexity index is 1080. The second-order valence-corrected chi connectivity index (χ2v) is 16.4. The van der Waals surface area contributed by atoms with Crippen molar-refractivity contribution in [2.45, 2.75) is 75.0 Å². The Morgan fingerprint density at radius 2 is 1.54 bits per heavy atom. The van der Waals surface area contributed by atoms with Gasteiger partial charge in [-0.1, -0.05) is 81.4 Å². The molecule has 204 valence electrons. The molecule has 2 aliphatic heterocycles. The highest BCUT2D eigenvalue weighted by molar-refractivity contribution is 7.87. The molecule has 2 saturated heterocycles. The molecule has 0 aliphatic carbocycles. The quantitative estimate of drug-likeness (QED) is 0.276. The zero-order valence-electron chi connectivity index (χ0n) is 21.1. The van der Waals surface area contributed by atoms with E-state index < -0.39 is 47.8 Å². The Morgan fingerprint density at radius 1 is 0.973 bits per heavy atom. The van der Waals surface area contributed by atoms with Gasteiger partial charge in [-0.25, -0.2) is 0 Å². The van der Waals surface area contributed by atoms with Crippen LogP contribution in [0.4, 0.5) is 13.2 Å². The predicted octanol–water partition coefficient (Wildman–Crippen LogP) is 4.13. The fourth-order valence-corrected chi connectivity index (χ4v) is 10.5. The molecule has 2 heterocycles. The van der Waals surface area contributed by atoms with Crippen LogP contribution in [0, 0.1) is 0 Å². The van der Waals surface area contributed by atoms with Crippen molar-refractivity contribution in [2.24, 2.45) is 0 Å². The molecule has 0 unspecified atom stereocenters. The zero-order chi connectivity index (χ0) is 26.9. The minimum atomic E-state index is -5.88. The van der Waals surface area contributed by atoms with Gasteiger partial charge >= 0.3 is 15.6 Å². The lowest BCUT2D eigenvalue weighted by Crippen LogP contribution is -2.67. The van der Waals surface area contributed by atoms with Gasteiger partial charge in [-0.3, -0.25) is 4.18 Å². The van der Waals surface area contributed by atoms with E-state index in [0.717, 1.165) is 16.8 Å². The van der Waals surface area contributed by atoms with Crippen molar-refractivity contribution >= 4 is 28.8 Å². The second kappa shape index (κ2) is 10.8. The minimum absolute atomic E-state index is 0.229. The summed E-state index contributed by atoms with van der Waals surface area (Å²) in [6, 6.07) is 19.1. The fourth-order valence-electron chi connectivity index (χ4n) is 5.32. The number of alkyl halides is 3. The van der Waals surface area contributed by atoms with Gasteiger partial charge in [-0.2, -0.15) is 21.6 Å². The molecule has 2 fully saturated rings. The number of benzene rings is 2. The van der Waals surface area contributed by atoms with Crippen LogP contribution in [-0.4, -0.2) is 59.9 Å². The summed E-state index contributed by atoms with van der Waals surface area (Å²) >= 11 is 0. The first-order chi connectivity index (χ1) is 17.4. The molecule has 37 heavy (non-hydrogen) atoms. The highest BCUT2D eigenvalue weighted by Gasteiger charge is 2.54. The Kier molecular flexibility index (Phi) is 8.23. The molecular weight excluding hydrogens is 525 g/mol. The Morgan fingerprint density at radius 3 is 2.03 bits per heavy atom. The van der Waals surface area contributed by atoms with Crippen molar-refractivity contribution in [2.75, 3.05) is 13.2 Å². The molecule has 6 nitrogen and oxygen atoms in total. The lowest BCUT2D eigenvalue weighted by atomic mass is 10.0. The summed E-state index contributed by atoms with van der Waals surface area (Å²) in [5.74, 6) is 0. The summed E-state index contributed by atoms with van der Waals surface area (Å²) in [6.45, 7) is 6.21. The number of hydrogen-bond acceptors (Lipinski definition) is 6. The maximum Gasteiger partial charge on any atom is 0.523 e. The van der Waals surface area contributed by atoms with Gasteiger partial charge < -0.3 is 13.9 Å². The summed E-state index contributed by atoms with van der Waals surface area (Å²) in [6.07, 6.45) is -1.37. The third-order valence-electron chi connectivity index (χ3n) is 7.02. The highest BCUT2D eigenvalue weighted by atomic mass is 32.2. The number of ether oxygens (including phenoxy) is 2. The van der Waals surface area contributed by atoms with Gasteiger partial charge in [0.1, 0.15) is 6.10 Å². The lowest BCUT2D eigenvalue weighted by molar-refractivity contribution is -0.0884. The van der Waals surface area contributed by atoms with Crippen molar-refractivity contribution in [3.8, 4) is 0 Å². The standard InChI is InChI=1S/C26H33F3O6SSi/c1-25(2,3)37(19-11-6-4-7-12-19,20-13-8-5-9-14-20)33-18-24(35-36(30,31)26(27,28)29)23-17-22-21(34-23)15-10-16-32-22/h4-9,11-14,21-24H,10,15-18H2,1-3H3/t21-,22-,23-,24+/m1/s1. The molecule has 4 atom stereocenters. The first-order valence-corrected chi connectivity index (χ1v) is 15.7. The van der Waals surface area contributed by atoms with Crippen LogP contribution in [0.1, 0.15) is 40.0 Å². The monoisotopic (exact) mass is 558 g/mol. The van der Waals surface area contributed by atoms with Crippen LogP contribution in [-0.2, 0) is 28.2 Å². The molecule has 0 N–H and O–H groups in total. The number of rotatable bonds is 8. The van der Waals surface area contributed by atoms with Crippen LogP contribution in [0.2, 0.25) is 5.04 Å². The van der Waals surface area contributed by atoms with E-state index in [4.69, 9.17) is 18.1 Å². The van der Waals surface area contributed by atoms with Gasteiger partial charge in [0.15, 0.2) is 0 Å². The number of hydrogen-bond donors (Lipinski definition) is 0. The zero-order valence-corrected chi connectivity index (χ0v) is 22.9. The van der Waals surface area contributed by atoms with Crippen LogP contribution >= 0.6 is 0 Å². The largest absolute Gasteiger partial charge is 0.523 e. The van der Waals surface area contributed by atoms with Crippen LogP contribution in [0.5, 0.6) is 0 Å². The molecule has 0 aromatic heterocycles. The molecule has 0 amide bonds. The van der Waals surface area contributed by atoms with Gasteiger partial charge in [0.25, 0.3) is 8.32 Å². The lowest BCUT2D eigenvalue weighted by Gasteiger charge is -2.43. The Labute approximate surface area is 217 Å². The Hall–Kier alpha value is -1.76. The van der Waals surface area contributed by atoms with Crippen LogP contribution < -0.4 is 10.4 Å². The SMILES string of the molecule is CC(C)(C)[Si](OC[C@H](OS(=O)(=O)C(F)(F)F)[C@H]1C[C@H]2OCCC[C@H]2O1)(c1ccccc1)c1ccccc1. The van der Waals surface area contributed by atoms with Crippen molar-refractivity contribution in [3.63, 3.8) is 0 Å². The molecule has 0 bridgehead atoms. The highest BCUT2D eigenvalue weighted by Crippen LogP contribution is 2.39. The first-order valence-electron chi connectivity index (χ1n) is 12.4. The topological polar surface area (TPSA) is 71.1 Å². The van der Waals surface area contributed by atoms with Gasteiger partial charge in [-0.15, -0.1) is 0 Å². The third-order valence-corrected chi connectivity index (χ3v) is 13.1. The molecule has 2 aliphatic rings. The van der Waals surface area contributed by atoms with E-state index in [1.165, 1.54) is 0 Å². The molecular formula is C26H33F3O6SSi. The molecule has 4 rings (SSSR count).